The van der Waals surface area contributed by atoms with Gasteiger partial charge in [0.1, 0.15) is 24.1 Å². The minimum atomic E-state index is -1.63. The number of ether oxygens (including phenoxy) is 1. The summed E-state index contributed by atoms with van der Waals surface area (Å²) in [5.74, 6) is -6.61. The first kappa shape index (κ1) is 45.6. The van der Waals surface area contributed by atoms with Gasteiger partial charge >= 0.3 is 83.1 Å². The number of β-lactam (4-membered cyclic amide) rings is 1. The summed E-state index contributed by atoms with van der Waals surface area (Å²) in [7, 11) is 1.61. The summed E-state index contributed by atoms with van der Waals surface area (Å²) in [5, 5.41) is 41.0. The number of carboxylic acid groups (broad SMARTS) is 2. The van der Waals surface area contributed by atoms with Crippen molar-refractivity contribution in [3.63, 3.8) is 0 Å². The van der Waals surface area contributed by atoms with Gasteiger partial charge in [0.15, 0.2) is 0 Å². The predicted octanol–water partition coefficient (Wildman–Crippen LogP) is -10.5. The molecule has 0 spiro atoms. The number of anilines is 1. The second kappa shape index (κ2) is 19.9. The molecule has 4 heterocycles. The van der Waals surface area contributed by atoms with Crippen LogP contribution in [0.15, 0.2) is 40.7 Å². The number of nitrogens with two attached hydrogens (primary N) is 1. The molecule has 0 saturated carbocycles. The van der Waals surface area contributed by atoms with Crippen molar-refractivity contribution in [3.8, 4) is 0 Å². The van der Waals surface area contributed by atoms with Crippen LogP contribution in [0.25, 0.3) is 0 Å². The van der Waals surface area contributed by atoms with E-state index in [1.807, 2.05) is 0 Å². The quantitative estimate of drug-likeness (QED) is 0.0631. The molecule has 2 aromatic rings. The largest absolute Gasteiger partial charge is 1.00 e. The number of hydrogen-bond donors (Lipinski definition) is 4. The molecule has 3 aliphatic heterocycles. The molecule has 0 radical (unpaired) electrons. The van der Waals surface area contributed by atoms with Crippen molar-refractivity contribution in [1.82, 2.24) is 45.5 Å². The van der Waals surface area contributed by atoms with E-state index in [0.717, 1.165) is 16.7 Å². The topological polar surface area (TPSA) is 307 Å². The summed E-state index contributed by atoms with van der Waals surface area (Å²) in [5.41, 5.74) is 5.53. The Morgan fingerprint density at radius 2 is 1.76 bits per heavy atom. The van der Waals surface area contributed by atoms with Crippen molar-refractivity contribution in [2.75, 3.05) is 43.1 Å². The molecule has 5 rings (SSSR count). The number of urea groups is 1. The van der Waals surface area contributed by atoms with Crippen LogP contribution >= 0.6 is 23.5 Å². The molecule has 26 heteroatoms. The molecule has 0 unspecified atom stereocenters. The van der Waals surface area contributed by atoms with Crippen LogP contribution in [0.3, 0.4) is 0 Å². The average Bonchev–Trinajstić information content (AvgIpc) is 3.55. The first-order valence-electron chi connectivity index (χ1n) is 15.7. The van der Waals surface area contributed by atoms with Gasteiger partial charge < -0.3 is 45.8 Å². The molecule has 1 aromatic heterocycles. The van der Waals surface area contributed by atoms with Crippen LogP contribution < -0.4 is 91.0 Å². The Kier molecular flexibility index (Phi) is 16.5. The van der Waals surface area contributed by atoms with Crippen molar-refractivity contribution in [2.24, 2.45) is 12.8 Å². The Morgan fingerprint density at radius 3 is 2.36 bits per heavy atom. The van der Waals surface area contributed by atoms with E-state index in [1.165, 1.54) is 45.6 Å². The van der Waals surface area contributed by atoms with E-state index in [4.69, 9.17) is 10.5 Å². The zero-order chi connectivity index (χ0) is 38.6. The zero-order valence-electron chi connectivity index (χ0n) is 29.9. The van der Waals surface area contributed by atoms with Crippen molar-refractivity contribution >= 4 is 76.9 Å². The smallest absolute Gasteiger partial charge is 0.548 e. The van der Waals surface area contributed by atoms with Crippen molar-refractivity contribution < 1.29 is 112 Å². The van der Waals surface area contributed by atoms with Crippen LogP contribution in [0.5, 0.6) is 0 Å². The standard InChI is InChI=1S/C29H33N11O11S2.2Na/c1-3-38-8-9-39(23(44)22(38)43)27(49)33-17(13-4-6-15(7-5-13)31-29(50)51-10-16(30)25(45)46)20(41)32-18-21(42)40-19(26(47)48)14(11-52-24(18)40)12-53-28-34-35-36-37(28)2;;/h4-7,16-18,24H,3,8-12,30H2,1-2H3,(H,31,50)(H,32,41)(H,33,49)(H,45,46)(H,47,48);;/q;2*+1/p-2/t16-,17-,18-,24+;;/m1../s1. The number of aromatic nitrogens is 4. The van der Waals surface area contributed by atoms with E-state index in [0.29, 0.717) is 15.6 Å². The Morgan fingerprint density at radius 1 is 1.07 bits per heavy atom. The second-order valence-corrected chi connectivity index (χ2v) is 13.6. The molecule has 7 amide bonds. The van der Waals surface area contributed by atoms with Crippen LogP contribution in [0, 0.1) is 0 Å². The maximum atomic E-state index is 13.8. The molecular formula is C29H31N11Na2O11S2. The molecule has 1 aromatic carbocycles. The number of amides is 7. The van der Waals surface area contributed by atoms with Crippen molar-refractivity contribution in [3.05, 3.63) is 41.1 Å². The van der Waals surface area contributed by atoms with Gasteiger partial charge in [-0.05, 0) is 40.6 Å². The maximum Gasteiger partial charge on any atom is 1.00 e. The Bertz CT molecular complexity index is 1880. The summed E-state index contributed by atoms with van der Waals surface area (Å²) in [4.78, 5) is 104. The van der Waals surface area contributed by atoms with Gasteiger partial charge in [-0.3, -0.25) is 34.3 Å². The molecular weight excluding hydrogens is 788 g/mol. The number of likely N-dealkylation sites (N-methyl/N-ethyl adjacent to an activating group) is 1. The SMILES string of the molecule is CCN1CCN(C(=O)N[C@@H](C(=O)N[C@@H]2C(=O)N3C(C(=O)[O-])=C(CSc4nnnn4C)CS[C@@H]23)c2ccc(NC(=O)OC[C@@H](N)C(=O)[O-])cc2)C(=O)C1=O.[Na+].[Na+]. The fraction of sp³-hybridized carbons (Fsp3) is 0.414. The first-order chi connectivity index (χ1) is 25.2. The number of carbonyl (C=O) groups is 8. The number of thioether (sulfide) groups is 2. The molecule has 2 saturated heterocycles. The van der Waals surface area contributed by atoms with Gasteiger partial charge in [-0.1, -0.05) is 23.9 Å². The number of fused-ring (bicyclic) bond motifs is 1. The van der Waals surface area contributed by atoms with Crippen molar-refractivity contribution in [2.45, 2.75) is 35.6 Å². The number of piperazine rings is 1. The number of aliphatic carboxylic acids is 2. The number of benzene rings is 1. The van der Waals surface area contributed by atoms with Crippen LogP contribution in [-0.2, 0) is 40.6 Å². The monoisotopic (exact) mass is 819 g/mol. The molecule has 282 valence electrons. The van der Waals surface area contributed by atoms with Gasteiger partial charge in [0.25, 0.3) is 5.91 Å². The third-order valence-electron chi connectivity index (χ3n) is 8.15. The number of nitrogens with zero attached hydrogens (tertiary/aromatic N) is 7. The number of rotatable bonds is 13. The van der Waals surface area contributed by atoms with Crippen LogP contribution in [-0.4, -0.2) is 138 Å². The van der Waals surface area contributed by atoms with E-state index >= 15 is 0 Å². The zero-order valence-corrected chi connectivity index (χ0v) is 35.5. The number of tetrazole rings is 1. The predicted molar refractivity (Wildman–Crippen MR) is 176 cm³/mol. The number of hydrogen-bond acceptors (Lipinski definition) is 17. The molecule has 3 aliphatic rings. The second-order valence-electron chi connectivity index (χ2n) is 11.5. The molecule has 5 N–H and O–H groups in total. The summed E-state index contributed by atoms with van der Waals surface area (Å²) < 4.78 is 6.14. The van der Waals surface area contributed by atoms with Gasteiger partial charge in [0.2, 0.25) is 11.1 Å². The summed E-state index contributed by atoms with van der Waals surface area (Å²) in [6.45, 7) is 1.13. The minimum absolute atomic E-state index is 0. The van der Waals surface area contributed by atoms with E-state index in [9.17, 15) is 48.6 Å². The maximum absolute atomic E-state index is 13.8. The van der Waals surface area contributed by atoms with E-state index in [2.05, 4.69) is 31.5 Å². The third-order valence-corrected chi connectivity index (χ3v) is 10.6. The Labute approximate surface area is 364 Å². The van der Waals surface area contributed by atoms with Gasteiger partial charge in [-0.2, -0.15) is 0 Å². The molecule has 55 heavy (non-hydrogen) atoms. The van der Waals surface area contributed by atoms with Gasteiger partial charge in [-0.25, -0.2) is 14.3 Å². The molecule has 2 fully saturated rings. The fourth-order valence-electron chi connectivity index (χ4n) is 5.33. The first-order valence-corrected chi connectivity index (χ1v) is 17.7. The summed E-state index contributed by atoms with van der Waals surface area (Å²) in [6, 6.07) is -0.149. The van der Waals surface area contributed by atoms with Gasteiger partial charge in [0.05, 0.1) is 23.7 Å². The minimum Gasteiger partial charge on any atom is -0.548 e. The molecule has 0 bridgehead atoms. The Balaban J connectivity index is 0.00000406. The summed E-state index contributed by atoms with van der Waals surface area (Å²) >= 11 is 2.35. The number of nitrogens with one attached hydrogen (secondary N) is 3. The van der Waals surface area contributed by atoms with Crippen LogP contribution in [0.4, 0.5) is 15.3 Å². The van der Waals surface area contributed by atoms with E-state index < -0.39 is 77.8 Å². The van der Waals surface area contributed by atoms with E-state index in [-0.39, 0.29) is 107 Å². The number of aryl methyl sites for hydroxylation is 1. The van der Waals surface area contributed by atoms with E-state index in [1.54, 1.807) is 14.0 Å². The molecule has 22 nitrogen and oxygen atoms in total. The number of imide groups is 1. The normalized spacial score (nSPS) is 18.8. The fourth-order valence-corrected chi connectivity index (χ4v) is 7.67. The van der Waals surface area contributed by atoms with Crippen molar-refractivity contribution in [1.29, 1.82) is 0 Å². The molecule has 4 atom stereocenters. The Hall–Kier alpha value is -3.75. The average molecular weight is 820 g/mol. The number of carbonyl (C=O) groups excluding carboxylic acids is 8. The van der Waals surface area contributed by atoms with Crippen LogP contribution in [0.2, 0.25) is 0 Å². The summed E-state index contributed by atoms with van der Waals surface area (Å²) in [6.07, 6.45) is -1.05. The van der Waals surface area contributed by atoms with Gasteiger partial charge in [0, 0.05) is 43.9 Å². The number of carboxylic acids is 2. The third kappa shape index (κ3) is 10.4. The molecule has 0 aliphatic carbocycles. The van der Waals surface area contributed by atoms with Crippen LogP contribution in [0.1, 0.15) is 18.5 Å². The van der Waals surface area contributed by atoms with Gasteiger partial charge in [-0.15, -0.1) is 16.9 Å².